The van der Waals surface area contributed by atoms with Crippen molar-refractivity contribution in [3.8, 4) is 5.75 Å². The van der Waals surface area contributed by atoms with E-state index >= 15 is 0 Å². The molecule has 0 saturated carbocycles. The van der Waals surface area contributed by atoms with Gasteiger partial charge in [0.05, 0.1) is 12.2 Å². The van der Waals surface area contributed by atoms with Crippen LogP contribution in [0.5, 0.6) is 5.75 Å². The van der Waals surface area contributed by atoms with E-state index < -0.39 is 7.12 Å². The summed E-state index contributed by atoms with van der Waals surface area (Å²) in [5.41, 5.74) is 0.617. The minimum atomic E-state index is -1.57. The van der Waals surface area contributed by atoms with Gasteiger partial charge in [0, 0.05) is 0 Å². The van der Waals surface area contributed by atoms with Crippen LogP contribution in [0.4, 0.5) is 0 Å². The number of ether oxygens (including phenoxy) is 1. The van der Waals surface area contributed by atoms with Crippen molar-refractivity contribution in [2.24, 2.45) is 0 Å². The second-order valence-corrected chi connectivity index (χ2v) is 3.49. The van der Waals surface area contributed by atoms with Gasteiger partial charge in [0.2, 0.25) is 0 Å². The lowest BCUT2D eigenvalue weighted by molar-refractivity contribution is 0.111. The van der Waals surface area contributed by atoms with Crippen molar-refractivity contribution in [2.75, 3.05) is 6.61 Å². The fourth-order valence-electron chi connectivity index (χ4n) is 1.28. The average Bonchev–Trinajstić information content (AvgIpc) is 2.29. The van der Waals surface area contributed by atoms with Crippen LogP contribution in [-0.4, -0.2) is 30.1 Å². The lowest BCUT2D eigenvalue weighted by Gasteiger charge is -2.09. The van der Waals surface area contributed by atoms with Gasteiger partial charge >= 0.3 is 7.12 Å². The molecular weight excluding hydrogens is 207 g/mol. The van der Waals surface area contributed by atoms with E-state index in [1.54, 1.807) is 6.07 Å². The Morgan fingerprint density at radius 2 is 2.19 bits per heavy atom. The third-order valence-electron chi connectivity index (χ3n) is 2.21. The van der Waals surface area contributed by atoms with E-state index in [-0.39, 0.29) is 5.46 Å². The summed E-state index contributed by atoms with van der Waals surface area (Å²) >= 11 is 0. The highest BCUT2D eigenvalue weighted by molar-refractivity contribution is 6.58. The van der Waals surface area contributed by atoms with Crippen LogP contribution in [0.3, 0.4) is 0 Å². The van der Waals surface area contributed by atoms with Gasteiger partial charge in [-0.2, -0.15) is 0 Å². The fourth-order valence-corrected chi connectivity index (χ4v) is 1.28. The number of aldehydes is 1. The molecule has 0 aromatic heterocycles. The Morgan fingerprint density at radius 3 is 2.75 bits per heavy atom. The SMILES string of the molecule is CCCCOc1ccc(B(O)O)cc1C=O. The van der Waals surface area contributed by atoms with Crippen molar-refractivity contribution in [1.29, 1.82) is 0 Å². The first kappa shape index (κ1) is 12.7. The molecule has 1 rings (SSSR count). The van der Waals surface area contributed by atoms with Gasteiger partial charge in [-0.05, 0) is 24.0 Å². The van der Waals surface area contributed by atoms with Gasteiger partial charge in [-0.3, -0.25) is 4.79 Å². The van der Waals surface area contributed by atoms with Gasteiger partial charge in [0.1, 0.15) is 5.75 Å². The van der Waals surface area contributed by atoms with E-state index in [4.69, 9.17) is 14.8 Å². The number of carbonyl (C=O) groups excluding carboxylic acids is 1. The van der Waals surface area contributed by atoms with Crippen molar-refractivity contribution in [3.63, 3.8) is 0 Å². The summed E-state index contributed by atoms with van der Waals surface area (Å²) in [6.45, 7) is 2.60. The molecule has 0 aliphatic heterocycles. The summed E-state index contributed by atoms with van der Waals surface area (Å²) in [5.74, 6) is 0.479. The predicted octanol–water partition coefficient (Wildman–Crippen LogP) is 0.358. The molecule has 0 heterocycles. The monoisotopic (exact) mass is 222 g/mol. The van der Waals surface area contributed by atoms with Crippen molar-refractivity contribution in [3.05, 3.63) is 23.8 Å². The third kappa shape index (κ3) is 3.36. The highest BCUT2D eigenvalue weighted by Gasteiger charge is 2.13. The Labute approximate surface area is 95.0 Å². The average molecular weight is 222 g/mol. The molecule has 4 nitrogen and oxygen atoms in total. The Hall–Kier alpha value is -1.33. The molecule has 0 aliphatic rings. The van der Waals surface area contributed by atoms with E-state index in [9.17, 15) is 4.79 Å². The standard InChI is InChI=1S/C11H15BO4/c1-2-3-6-16-11-5-4-10(12(14)15)7-9(11)8-13/h4-5,7-8,14-15H,2-3,6H2,1H3. The number of unbranched alkanes of at least 4 members (excludes halogenated alkanes) is 1. The second kappa shape index (κ2) is 6.30. The van der Waals surface area contributed by atoms with Crippen LogP contribution in [0, 0.1) is 0 Å². The number of hydrogen-bond donors (Lipinski definition) is 2. The Morgan fingerprint density at radius 1 is 1.44 bits per heavy atom. The number of hydrogen-bond acceptors (Lipinski definition) is 4. The highest BCUT2D eigenvalue weighted by atomic mass is 16.5. The lowest BCUT2D eigenvalue weighted by Crippen LogP contribution is -2.30. The summed E-state index contributed by atoms with van der Waals surface area (Å²) in [4.78, 5) is 10.8. The molecule has 0 atom stereocenters. The van der Waals surface area contributed by atoms with Crippen LogP contribution in [0.2, 0.25) is 0 Å². The van der Waals surface area contributed by atoms with Crippen LogP contribution in [0.1, 0.15) is 30.1 Å². The first-order chi connectivity index (χ1) is 7.69. The summed E-state index contributed by atoms with van der Waals surface area (Å²) in [5, 5.41) is 17.9. The Balaban J connectivity index is 2.80. The summed E-state index contributed by atoms with van der Waals surface area (Å²) in [7, 11) is -1.57. The first-order valence-electron chi connectivity index (χ1n) is 5.27. The van der Waals surface area contributed by atoms with E-state index in [2.05, 4.69) is 6.92 Å². The van der Waals surface area contributed by atoms with Gasteiger partial charge < -0.3 is 14.8 Å². The minimum Gasteiger partial charge on any atom is -0.493 e. The molecule has 0 saturated heterocycles. The molecule has 16 heavy (non-hydrogen) atoms. The molecule has 0 amide bonds. The number of carbonyl (C=O) groups is 1. The predicted molar refractivity (Wildman–Crippen MR) is 62.1 cm³/mol. The van der Waals surface area contributed by atoms with Gasteiger partial charge in [-0.1, -0.05) is 19.4 Å². The molecule has 0 aliphatic carbocycles. The van der Waals surface area contributed by atoms with E-state index in [1.807, 2.05) is 0 Å². The molecule has 0 fully saturated rings. The van der Waals surface area contributed by atoms with Crippen LogP contribution >= 0.6 is 0 Å². The van der Waals surface area contributed by atoms with Crippen molar-refractivity contribution < 1.29 is 19.6 Å². The molecule has 0 spiro atoms. The van der Waals surface area contributed by atoms with Gasteiger partial charge in [-0.25, -0.2) is 0 Å². The molecule has 86 valence electrons. The molecule has 1 aromatic rings. The molecule has 5 heteroatoms. The molecule has 1 aromatic carbocycles. The highest BCUT2D eigenvalue weighted by Crippen LogP contribution is 2.15. The van der Waals surface area contributed by atoms with E-state index in [1.165, 1.54) is 12.1 Å². The summed E-state index contributed by atoms with van der Waals surface area (Å²) in [6.07, 6.45) is 2.58. The lowest BCUT2D eigenvalue weighted by atomic mass is 9.79. The molecule has 0 radical (unpaired) electrons. The number of benzene rings is 1. The maximum atomic E-state index is 10.8. The van der Waals surface area contributed by atoms with Gasteiger partial charge in [0.25, 0.3) is 0 Å². The molecule has 0 unspecified atom stereocenters. The minimum absolute atomic E-state index is 0.282. The van der Waals surface area contributed by atoms with Crippen molar-refractivity contribution in [1.82, 2.24) is 0 Å². The topological polar surface area (TPSA) is 66.8 Å². The second-order valence-electron chi connectivity index (χ2n) is 3.49. The Kier molecular flexibility index (Phi) is 5.02. The zero-order valence-corrected chi connectivity index (χ0v) is 9.22. The maximum absolute atomic E-state index is 10.8. The summed E-state index contributed by atoms with van der Waals surface area (Å²) < 4.78 is 5.41. The molecule has 0 bridgehead atoms. The van der Waals surface area contributed by atoms with Crippen LogP contribution in [0.15, 0.2) is 18.2 Å². The smallest absolute Gasteiger partial charge is 0.488 e. The maximum Gasteiger partial charge on any atom is 0.488 e. The van der Waals surface area contributed by atoms with Gasteiger partial charge in [-0.15, -0.1) is 0 Å². The normalized spacial score (nSPS) is 9.94. The summed E-state index contributed by atoms with van der Waals surface area (Å²) in [6, 6.07) is 4.52. The largest absolute Gasteiger partial charge is 0.493 e. The third-order valence-corrected chi connectivity index (χ3v) is 2.21. The quantitative estimate of drug-likeness (QED) is 0.414. The van der Waals surface area contributed by atoms with Gasteiger partial charge in [0.15, 0.2) is 6.29 Å². The first-order valence-corrected chi connectivity index (χ1v) is 5.27. The van der Waals surface area contributed by atoms with E-state index in [0.29, 0.717) is 24.2 Å². The van der Waals surface area contributed by atoms with Crippen LogP contribution in [0.25, 0.3) is 0 Å². The van der Waals surface area contributed by atoms with Crippen molar-refractivity contribution >= 4 is 18.9 Å². The zero-order chi connectivity index (χ0) is 12.0. The van der Waals surface area contributed by atoms with Crippen LogP contribution < -0.4 is 10.2 Å². The molecular formula is C11H15BO4. The Bertz CT molecular complexity index is 352. The van der Waals surface area contributed by atoms with Crippen LogP contribution in [-0.2, 0) is 0 Å². The zero-order valence-electron chi connectivity index (χ0n) is 9.22. The fraction of sp³-hybridized carbons (Fsp3) is 0.364. The van der Waals surface area contributed by atoms with E-state index in [0.717, 1.165) is 12.8 Å². The number of rotatable bonds is 6. The van der Waals surface area contributed by atoms with Crippen molar-refractivity contribution in [2.45, 2.75) is 19.8 Å². The molecule has 2 N–H and O–H groups in total.